The summed E-state index contributed by atoms with van der Waals surface area (Å²) in [6, 6.07) is 0.429. The highest BCUT2D eigenvalue weighted by atomic mass is 15.3. The second-order valence-corrected chi connectivity index (χ2v) is 4.40. The van der Waals surface area contributed by atoms with E-state index in [9.17, 15) is 0 Å². The van der Waals surface area contributed by atoms with Gasteiger partial charge in [-0.3, -0.25) is 0 Å². The Hall–Kier alpha value is -0.0800. The molecule has 2 N–H and O–H groups in total. The number of quaternary nitrogens is 1. The van der Waals surface area contributed by atoms with E-state index >= 15 is 0 Å². The van der Waals surface area contributed by atoms with E-state index in [1.807, 2.05) is 0 Å². The van der Waals surface area contributed by atoms with Crippen LogP contribution in [0.15, 0.2) is 0 Å². The summed E-state index contributed by atoms with van der Waals surface area (Å²) in [5.74, 6) is 0.804. The SMILES string of the molecule is CC1CC(N)C[N+](C)(C)C1. The third-order valence-corrected chi connectivity index (χ3v) is 2.24. The van der Waals surface area contributed by atoms with E-state index in [-0.39, 0.29) is 0 Å². The zero-order valence-corrected chi connectivity index (χ0v) is 7.30. The first kappa shape index (κ1) is 8.02. The molecule has 0 aromatic heterocycles. The van der Waals surface area contributed by atoms with Crippen LogP contribution in [0, 0.1) is 5.92 Å². The van der Waals surface area contributed by atoms with Gasteiger partial charge in [-0.1, -0.05) is 6.92 Å². The summed E-state index contributed by atoms with van der Waals surface area (Å²) < 4.78 is 1.10. The van der Waals surface area contributed by atoms with Crippen LogP contribution in [-0.2, 0) is 0 Å². The lowest BCUT2D eigenvalue weighted by Gasteiger charge is -2.39. The molecule has 1 fully saturated rings. The van der Waals surface area contributed by atoms with Crippen molar-refractivity contribution in [3.05, 3.63) is 0 Å². The minimum Gasteiger partial charge on any atom is -0.327 e. The smallest absolute Gasteiger partial charge is 0.0936 e. The zero-order chi connectivity index (χ0) is 7.78. The predicted molar refractivity (Wildman–Crippen MR) is 43.6 cm³/mol. The molecule has 1 heterocycles. The van der Waals surface area contributed by atoms with Crippen molar-refractivity contribution < 1.29 is 4.48 Å². The molecule has 1 saturated heterocycles. The van der Waals surface area contributed by atoms with Crippen LogP contribution >= 0.6 is 0 Å². The molecule has 1 aliphatic rings. The molecule has 2 atom stereocenters. The Bertz CT molecular complexity index is 108. The molecule has 0 aromatic rings. The first-order chi connectivity index (χ1) is 4.49. The van der Waals surface area contributed by atoms with Crippen LogP contribution in [0.3, 0.4) is 0 Å². The van der Waals surface area contributed by atoms with Gasteiger partial charge >= 0.3 is 0 Å². The monoisotopic (exact) mass is 143 g/mol. The average Bonchev–Trinajstić information content (AvgIpc) is 1.54. The maximum atomic E-state index is 5.89. The quantitative estimate of drug-likeness (QED) is 0.489. The summed E-state index contributed by atoms with van der Waals surface area (Å²) in [6.07, 6.45) is 1.21. The average molecular weight is 143 g/mol. The molecule has 0 amide bonds. The molecule has 10 heavy (non-hydrogen) atoms. The van der Waals surface area contributed by atoms with E-state index in [1.54, 1.807) is 0 Å². The molecule has 60 valence electrons. The van der Waals surface area contributed by atoms with Crippen LogP contribution < -0.4 is 5.73 Å². The van der Waals surface area contributed by atoms with Crippen molar-refractivity contribution >= 4 is 0 Å². The Morgan fingerprint density at radius 2 is 1.90 bits per heavy atom. The highest BCUT2D eigenvalue weighted by molar-refractivity contribution is 4.69. The van der Waals surface area contributed by atoms with Crippen molar-refractivity contribution in [2.24, 2.45) is 11.7 Å². The molecule has 0 saturated carbocycles. The molecule has 0 aliphatic carbocycles. The fraction of sp³-hybridized carbons (Fsp3) is 1.00. The molecule has 0 aromatic carbocycles. The van der Waals surface area contributed by atoms with Crippen molar-refractivity contribution in [2.75, 3.05) is 27.2 Å². The van der Waals surface area contributed by atoms with Crippen LogP contribution in [0.1, 0.15) is 13.3 Å². The Balaban J connectivity index is 2.51. The lowest BCUT2D eigenvalue weighted by atomic mass is 9.95. The second-order valence-electron chi connectivity index (χ2n) is 4.40. The van der Waals surface area contributed by atoms with Crippen molar-refractivity contribution in [1.29, 1.82) is 0 Å². The maximum absolute atomic E-state index is 5.89. The number of hydrogen-bond acceptors (Lipinski definition) is 1. The van der Waals surface area contributed by atoms with E-state index < -0.39 is 0 Å². The molecule has 1 aliphatic heterocycles. The van der Waals surface area contributed by atoms with Gasteiger partial charge < -0.3 is 10.2 Å². The molecule has 0 radical (unpaired) electrons. The minimum atomic E-state index is 0.429. The summed E-state index contributed by atoms with van der Waals surface area (Å²) in [4.78, 5) is 0. The first-order valence-corrected chi connectivity index (χ1v) is 4.07. The number of likely N-dealkylation sites (N-methyl/N-ethyl adjacent to an activating group) is 1. The van der Waals surface area contributed by atoms with Crippen LogP contribution in [0.5, 0.6) is 0 Å². The van der Waals surface area contributed by atoms with Gasteiger partial charge in [-0.2, -0.15) is 0 Å². The van der Waals surface area contributed by atoms with Gasteiger partial charge in [0.2, 0.25) is 0 Å². The van der Waals surface area contributed by atoms with Crippen molar-refractivity contribution in [2.45, 2.75) is 19.4 Å². The van der Waals surface area contributed by atoms with E-state index in [1.165, 1.54) is 13.0 Å². The third-order valence-electron chi connectivity index (χ3n) is 2.24. The number of likely N-dealkylation sites (tertiary alicyclic amines) is 1. The van der Waals surface area contributed by atoms with Crippen molar-refractivity contribution in [3.63, 3.8) is 0 Å². The fourth-order valence-electron chi connectivity index (χ4n) is 2.22. The topological polar surface area (TPSA) is 26.0 Å². The third kappa shape index (κ3) is 1.96. The van der Waals surface area contributed by atoms with E-state index in [0.29, 0.717) is 6.04 Å². The van der Waals surface area contributed by atoms with E-state index in [4.69, 9.17) is 5.73 Å². The lowest BCUT2D eigenvalue weighted by molar-refractivity contribution is -0.899. The molecule has 1 rings (SSSR count). The van der Waals surface area contributed by atoms with Gasteiger partial charge in [0.1, 0.15) is 0 Å². The summed E-state index contributed by atoms with van der Waals surface area (Å²) in [5.41, 5.74) is 5.89. The summed E-state index contributed by atoms with van der Waals surface area (Å²) in [6.45, 7) is 4.72. The van der Waals surface area contributed by atoms with Gasteiger partial charge in [0.05, 0.1) is 33.2 Å². The number of rotatable bonds is 0. The second kappa shape index (κ2) is 2.51. The van der Waals surface area contributed by atoms with Crippen LogP contribution in [0.4, 0.5) is 0 Å². The predicted octanol–water partition coefficient (Wildman–Crippen LogP) is 0.430. The fourth-order valence-corrected chi connectivity index (χ4v) is 2.22. The van der Waals surface area contributed by atoms with Gasteiger partial charge in [0, 0.05) is 5.92 Å². The van der Waals surface area contributed by atoms with Gasteiger partial charge in [0.15, 0.2) is 0 Å². The van der Waals surface area contributed by atoms with Gasteiger partial charge in [-0.15, -0.1) is 0 Å². The van der Waals surface area contributed by atoms with Gasteiger partial charge in [-0.05, 0) is 6.42 Å². The standard InChI is InChI=1S/C8H19N2/c1-7-4-8(9)6-10(2,3)5-7/h7-8H,4-6,9H2,1-3H3/q+1. The van der Waals surface area contributed by atoms with Gasteiger partial charge in [0.25, 0.3) is 0 Å². The first-order valence-electron chi connectivity index (χ1n) is 4.07. The number of nitrogens with zero attached hydrogens (tertiary/aromatic N) is 1. The van der Waals surface area contributed by atoms with Crippen molar-refractivity contribution in [3.8, 4) is 0 Å². The zero-order valence-electron chi connectivity index (χ0n) is 7.30. The van der Waals surface area contributed by atoms with Crippen LogP contribution in [0.2, 0.25) is 0 Å². The molecule has 0 bridgehead atoms. The number of nitrogens with two attached hydrogens (primary N) is 1. The summed E-state index contributed by atoms with van der Waals surface area (Å²) in [5, 5.41) is 0. The molecule has 2 heteroatoms. The number of hydrogen-bond donors (Lipinski definition) is 1. The van der Waals surface area contributed by atoms with Crippen LogP contribution in [0.25, 0.3) is 0 Å². The summed E-state index contributed by atoms with van der Waals surface area (Å²) in [7, 11) is 4.52. The lowest BCUT2D eigenvalue weighted by Crippen LogP contribution is -2.55. The molecular weight excluding hydrogens is 124 g/mol. The Kier molecular flexibility index (Phi) is 2.02. The molecular formula is C8H19N2+. The van der Waals surface area contributed by atoms with Crippen molar-refractivity contribution in [1.82, 2.24) is 0 Å². The maximum Gasteiger partial charge on any atom is 0.0936 e. The van der Waals surface area contributed by atoms with E-state index in [2.05, 4.69) is 21.0 Å². The Morgan fingerprint density at radius 3 is 2.30 bits per heavy atom. The Labute approximate surface area is 63.6 Å². The Morgan fingerprint density at radius 1 is 1.30 bits per heavy atom. The molecule has 2 nitrogen and oxygen atoms in total. The van der Waals surface area contributed by atoms with Gasteiger partial charge in [-0.25, -0.2) is 0 Å². The summed E-state index contributed by atoms with van der Waals surface area (Å²) >= 11 is 0. The molecule has 2 unspecified atom stereocenters. The van der Waals surface area contributed by atoms with Crippen LogP contribution in [-0.4, -0.2) is 37.7 Å². The van der Waals surface area contributed by atoms with E-state index in [0.717, 1.165) is 16.9 Å². The largest absolute Gasteiger partial charge is 0.327 e. The highest BCUT2D eigenvalue weighted by Gasteiger charge is 2.29. The highest BCUT2D eigenvalue weighted by Crippen LogP contribution is 2.17. The molecule has 0 spiro atoms. The normalized spacial score (nSPS) is 39.6. The number of piperidine rings is 1. The minimum absolute atomic E-state index is 0.429.